The number of likely N-dealkylation sites (N-methyl/N-ethyl adjacent to an activating group) is 1. The first-order valence-electron chi connectivity index (χ1n) is 9.66. The van der Waals surface area contributed by atoms with Crippen LogP contribution in [0.25, 0.3) is 0 Å². The molecule has 0 aliphatic rings. The van der Waals surface area contributed by atoms with Crippen molar-refractivity contribution in [2.45, 2.75) is 52.1 Å². The summed E-state index contributed by atoms with van der Waals surface area (Å²) in [6.07, 6.45) is 1.00. The summed E-state index contributed by atoms with van der Waals surface area (Å²) < 4.78 is 0. The molecule has 1 unspecified atom stereocenters. The fourth-order valence-electron chi connectivity index (χ4n) is 3.04. The molecular formula is C23H29ClN2O2. The molecule has 1 atom stereocenters. The Morgan fingerprint density at radius 3 is 2.07 bits per heavy atom. The van der Waals surface area contributed by atoms with Gasteiger partial charge in [-0.2, -0.15) is 0 Å². The molecule has 0 bridgehead atoms. The van der Waals surface area contributed by atoms with E-state index in [2.05, 4.69) is 43.4 Å². The van der Waals surface area contributed by atoms with Gasteiger partial charge < -0.3 is 10.2 Å². The Labute approximate surface area is 172 Å². The summed E-state index contributed by atoms with van der Waals surface area (Å²) in [5.41, 5.74) is 3.35. The smallest absolute Gasteiger partial charge is 0.242 e. The van der Waals surface area contributed by atoms with E-state index >= 15 is 0 Å². The van der Waals surface area contributed by atoms with Crippen LogP contribution in [-0.4, -0.2) is 29.8 Å². The molecule has 0 spiro atoms. The minimum Gasteiger partial charge on any atom is -0.357 e. The third-order valence-corrected chi connectivity index (χ3v) is 5.21. The lowest BCUT2D eigenvalue weighted by molar-refractivity contribution is -0.140. The summed E-state index contributed by atoms with van der Waals surface area (Å²) in [7, 11) is 1.58. The number of carbonyl (C=O) groups excluding carboxylic acids is 2. The molecule has 2 aromatic carbocycles. The van der Waals surface area contributed by atoms with E-state index in [0.717, 1.165) is 11.1 Å². The Balaban J connectivity index is 2.09. The van der Waals surface area contributed by atoms with Gasteiger partial charge in [0.25, 0.3) is 0 Å². The number of hydrogen-bond acceptors (Lipinski definition) is 2. The molecule has 2 aromatic rings. The number of halogens is 1. The van der Waals surface area contributed by atoms with Crippen molar-refractivity contribution in [3.05, 3.63) is 70.2 Å². The van der Waals surface area contributed by atoms with Crippen molar-refractivity contribution in [3.63, 3.8) is 0 Å². The topological polar surface area (TPSA) is 49.4 Å². The average Bonchev–Trinajstić information content (AvgIpc) is 2.70. The highest BCUT2D eigenvalue weighted by Gasteiger charge is 2.25. The Morgan fingerprint density at radius 1 is 0.964 bits per heavy atom. The van der Waals surface area contributed by atoms with E-state index < -0.39 is 6.04 Å². The molecule has 28 heavy (non-hydrogen) atoms. The van der Waals surface area contributed by atoms with Crippen LogP contribution in [0.15, 0.2) is 48.5 Å². The van der Waals surface area contributed by atoms with Crippen LogP contribution >= 0.6 is 11.6 Å². The number of amides is 2. The molecule has 0 aliphatic heterocycles. The van der Waals surface area contributed by atoms with Crippen molar-refractivity contribution in [2.75, 3.05) is 7.05 Å². The zero-order valence-electron chi connectivity index (χ0n) is 17.0. The maximum Gasteiger partial charge on any atom is 0.242 e. The molecule has 5 heteroatoms. The number of nitrogens with zero attached hydrogens (tertiary/aromatic N) is 1. The van der Waals surface area contributed by atoms with E-state index in [-0.39, 0.29) is 11.8 Å². The lowest BCUT2D eigenvalue weighted by Crippen LogP contribution is -2.46. The van der Waals surface area contributed by atoms with Gasteiger partial charge >= 0.3 is 0 Å². The van der Waals surface area contributed by atoms with E-state index in [0.29, 0.717) is 30.3 Å². The van der Waals surface area contributed by atoms with Crippen molar-refractivity contribution < 1.29 is 9.59 Å². The van der Waals surface area contributed by atoms with Crippen LogP contribution in [0.2, 0.25) is 5.02 Å². The highest BCUT2D eigenvalue weighted by Crippen LogP contribution is 2.17. The van der Waals surface area contributed by atoms with Crippen molar-refractivity contribution in [1.82, 2.24) is 10.2 Å². The second-order valence-corrected chi connectivity index (χ2v) is 7.77. The highest BCUT2D eigenvalue weighted by molar-refractivity contribution is 6.30. The monoisotopic (exact) mass is 400 g/mol. The molecule has 0 aliphatic carbocycles. The van der Waals surface area contributed by atoms with Crippen LogP contribution in [0.3, 0.4) is 0 Å². The van der Waals surface area contributed by atoms with Crippen LogP contribution in [0.5, 0.6) is 0 Å². The molecule has 1 N–H and O–H groups in total. The third kappa shape index (κ3) is 6.10. The van der Waals surface area contributed by atoms with Crippen LogP contribution < -0.4 is 5.32 Å². The number of carbonyl (C=O) groups is 2. The average molecular weight is 401 g/mol. The minimum absolute atomic E-state index is 0.0426. The third-order valence-electron chi connectivity index (χ3n) is 4.95. The zero-order chi connectivity index (χ0) is 20.7. The Morgan fingerprint density at radius 2 is 1.54 bits per heavy atom. The molecule has 150 valence electrons. The van der Waals surface area contributed by atoms with Crippen LogP contribution in [0.4, 0.5) is 0 Å². The van der Waals surface area contributed by atoms with Crippen molar-refractivity contribution >= 4 is 23.4 Å². The second-order valence-electron chi connectivity index (χ2n) is 7.33. The van der Waals surface area contributed by atoms with Crippen LogP contribution in [0, 0.1) is 0 Å². The molecule has 0 saturated carbocycles. The quantitative estimate of drug-likeness (QED) is 0.706. The van der Waals surface area contributed by atoms with Gasteiger partial charge in [0.2, 0.25) is 11.8 Å². The molecule has 2 rings (SSSR count). The molecule has 0 radical (unpaired) electrons. The first-order chi connectivity index (χ1) is 13.3. The number of hydrogen-bond donors (Lipinski definition) is 1. The van der Waals surface area contributed by atoms with Gasteiger partial charge in [-0.25, -0.2) is 0 Å². The SMILES string of the molecule is CNC(=O)C(C)N(Cc1ccc(Cl)cc1)C(=O)CCc1ccc(C(C)C)cc1. The largest absolute Gasteiger partial charge is 0.357 e. The minimum atomic E-state index is -0.545. The number of aryl methyl sites for hydroxylation is 1. The van der Waals surface area contributed by atoms with E-state index in [1.54, 1.807) is 31.0 Å². The summed E-state index contributed by atoms with van der Waals surface area (Å²) in [6.45, 7) is 6.45. The van der Waals surface area contributed by atoms with Crippen LogP contribution in [-0.2, 0) is 22.6 Å². The van der Waals surface area contributed by atoms with Gasteiger partial charge in [0.05, 0.1) is 0 Å². The summed E-state index contributed by atoms with van der Waals surface area (Å²) >= 11 is 5.95. The predicted octanol–water partition coefficient (Wildman–Crippen LogP) is 4.56. The molecule has 0 saturated heterocycles. The second kappa shape index (κ2) is 10.3. The van der Waals surface area contributed by atoms with Gasteiger partial charge in [-0.05, 0) is 48.1 Å². The molecule has 0 fully saturated rings. The molecule has 4 nitrogen and oxygen atoms in total. The molecular weight excluding hydrogens is 372 g/mol. The fourth-order valence-corrected chi connectivity index (χ4v) is 3.17. The predicted molar refractivity (Wildman–Crippen MR) is 114 cm³/mol. The summed E-state index contributed by atoms with van der Waals surface area (Å²) in [5.74, 6) is 0.265. The van der Waals surface area contributed by atoms with Gasteiger partial charge in [-0.3, -0.25) is 9.59 Å². The van der Waals surface area contributed by atoms with Crippen molar-refractivity contribution in [1.29, 1.82) is 0 Å². The Kier molecular flexibility index (Phi) is 8.06. The van der Waals surface area contributed by atoms with E-state index in [1.807, 2.05) is 12.1 Å². The normalized spacial score (nSPS) is 11.9. The molecule has 2 amide bonds. The lowest BCUT2D eigenvalue weighted by Gasteiger charge is -2.28. The van der Waals surface area contributed by atoms with Crippen molar-refractivity contribution in [2.24, 2.45) is 0 Å². The highest BCUT2D eigenvalue weighted by atomic mass is 35.5. The Hall–Kier alpha value is -2.33. The van der Waals surface area contributed by atoms with E-state index in [9.17, 15) is 9.59 Å². The summed E-state index contributed by atoms with van der Waals surface area (Å²) in [4.78, 5) is 26.7. The van der Waals surface area contributed by atoms with Crippen LogP contribution in [0.1, 0.15) is 49.8 Å². The number of benzene rings is 2. The first kappa shape index (κ1) is 22.0. The van der Waals surface area contributed by atoms with Crippen molar-refractivity contribution in [3.8, 4) is 0 Å². The standard InChI is InChI=1S/C23H29ClN2O2/c1-16(2)20-10-5-18(6-11-20)9-14-22(27)26(17(3)23(28)25-4)15-19-7-12-21(24)13-8-19/h5-8,10-13,16-17H,9,14-15H2,1-4H3,(H,25,28). The number of nitrogens with one attached hydrogen (secondary N) is 1. The zero-order valence-corrected chi connectivity index (χ0v) is 17.8. The fraction of sp³-hybridized carbons (Fsp3) is 0.391. The number of rotatable bonds is 8. The van der Waals surface area contributed by atoms with Gasteiger partial charge in [-0.15, -0.1) is 0 Å². The van der Waals surface area contributed by atoms with Gasteiger partial charge in [0.1, 0.15) is 6.04 Å². The maximum atomic E-state index is 12.9. The Bertz CT molecular complexity index is 785. The van der Waals surface area contributed by atoms with Gasteiger partial charge in [0, 0.05) is 25.0 Å². The van der Waals surface area contributed by atoms with E-state index in [4.69, 9.17) is 11.6 Å². The summed E-state index contributed by atoms with van der Waals surface area (Å²) in [5, 5.41) is 3.28. The van der Waals surface area contributed by atoms with Gasteiger partial charge in [0.15, 0.2) is 0 Å². The summed E-state index contributed by atoms with van der Waals surface area (Å²) in [6, 6.07) is 15.2. The van der Waals surface area contributed by atoms with Gasteiger partial charge in [-0.1, -0.05) is 61.8 Å². The molecule has 0 aromatic heterocycles. The molecule has 0 heterocycles. The van der Waals surface area contributed by atoms with E-state index in [1.165, 1.54) is 5.56 Å². The lowest BCUT2D eigenvalue weighted by atomic mass is 10.00. The maximum absolute atomic E-state index is 12.9. The first-order valence-corrected chi connectivity index (χ1v) is 10.0.